The maximum Gasteiger partial charge on any atom is 0.122 e. The lowest BCUT2D eigenvalue weighted by Crippen LogP contribution is -2.28. The van der Waals surface area contributed by atoms with Crippen molar-refractivity contribution in [1.29, 1.82) is 0 Å². The highest BCUT2D eigenvalue weighted by Crippen LogP contribution is 2.24. The molecule has 1 aliphatic rings. The minimum atomic E-state index is -0.0992. The Labute approximate surface area is 103 Å². The van der Waals surface area contributed by atoms with Gasteiger partial charge in [-0.15, -0.1) is 0 Å². The van der Waals surface area contributed by atoms with E-state index in [2.05, 4.69) is 21.8 Å². The molecular formula is C13H23N3O. The summed E-state index contributed by atoms with van der Waals surface area (Å²) in [6.07, 6.45) is 8.21. The topological polar surface area (TPSA) is 50.1 Å². The van der Waals surface area contributed by atoms with Crippen LogP contribution in [0.4, 0.5) is 0 Å². The van der Waals surface area contributed by atoms with Crippen LogP contribution in [0.3, 0.4) is 0 Å². The van der Waals surface area contributed by atoms with Gasteiger partial charge < -0.3 is 15.0 Å². The zero-order valence-electron chi connectivity index (χ0n) is 10.6. The largest absolute Gasteiger partial charge is 0.393 e. The predicted octanol–water partition coefficient (Wildman–Crippen LogP) is 1.54. The van der Waals surface area contributed by atoms with E-state index in [1.807, 2.05) is 12.4 Å². The van der Waals surface area contributed by atoms with Crippen molar-refractivity contribution in [3.63, 3.8) is 0 Å². The van der Waals surface area contributed by atoms with Crippen LogP contribution in [0, 0.1) is 5.92 Å². The minimum absolute atomic E-state index is 0.0992. The van der Waals surface area contributed by atoms with Gasteiger partial charge in [-0.2, -0.15) is 0 Å². The van der Waals surface area contributed by atoms with Gasteiger partial charge in [0.15, 0.2) is 0 Å². The summed E-state index contributed by atoms with van der Waals surface area (Å²) in [6, 6.07) is 0. The van der Waals surface area contributed by atoms with Crippen LogP contribution >= 0.6 is 0 Å². The van der Waals surface area contributed by atoms with E-state index < -0.39 is 0 Å². The fourth-order valence-corrected chi connectivity index (χ4v) is 2.58. The van der Waals surface area contributed by atoms with Crippen LogP contribution in [0.2, 0.25) is 0 Å². The molecule has 2 atom stereocenters. The molecular weight excluding hydrogens is 214 g/mol. The lowest BCUT2D eigenvalue weighted by molar-refractivity contribution is 0.131. The molecule has 1 aromatic rings. The molecule has 4 nitrogen and oxygen atoms in total. The number of nitrogens with zero attached hydrogens (tertiary/aromatic N) is 2. The van der Waals surface area contributed by atoms with Crippen LogP contribution in [-0.2, 0) is 13.1 Å². The number of hydrogen-bond acceptors (Lipinski definition) is 3. The van der Waals surface area contributed by atoms with Crippen molar-refractivity contribution >= 4 is 0 Å². The summed E-state index contributed by atoms with van der Waals surface area (Å²) >= 11 is 0. The molecule has 0 spiro atoms. The number of imidazole rings is 1. The molecule has 0 bridgehead atoms. The first kappa shape index (κ1) is 12.6. The second kappa shape index (κ2) is 6.17. The van der Waals surface area contributed by atoms with Crippen LogP contribution in [0.15, 0.2) is 12.4 Å². The van der Waals surface area contributed by atoms with Crippen LogP contribution < -0.4 is 5.32 Å². The summed E-state index contributed by atoms with van der Waals surface area (Å²) in [4.78, 5) is 4.36. The lowest BCUT2D eigenvalue weighted by atomic mass is 10.1. The predicted molar refractivity (Wildman–Crippen MR) is 67.6 cm³/mol. The van der Waals surface area contributed by atoms with Crippen molar-refractivity contribution < 1.29 is 5.11 Å². The molecule has 0 aliphatic heterocycles. The first-order valence-electron chi connectivity index (χ1n) is 6.70. The molecule has 1 aromatic heterocycles. The molecule has 96 valence electrons. The van der Waals surface area contributed by atoms with Gasteiger partial charge >= 0.3 is 0 Å². The van der Waals surface area contributed by atoms with Crippen LogP contribution in [-0.4, -0.2) is 27.3 Å². The molecule has 0 saturated heterocycles. The third-order valence-corrected chi connectivity index (χ3v) is 3.57. The fraction of sp³-hybridized carbons (Fsp3) is 0.769. The Balaban J connectivity index is 1.75. The molecule has 17 heavy (non-hydrogen) atoms. The van der Waals surface area contributed by atoms with E-state index in [0.717, 1.165) is 51.1 Å². The number of rotatable bonds is 6. The molecule has 1 saturated carbocycles. The van der Waals surface area contributed by atoms with Crippen molar-refractivity contribution in [3.05, 3.63) is 18.2 Å². The van der Waals surface area contributed by atoms with Crippen LogP contribution in [0.1, 0.15) is 38.4 Å². The van der Waals surface area contributed by atoms with Gasteiger partial charge in [0, 0.05) is 25.5 Å². The maximum absolute atomic E-state index is 9.72. The molecule has 2 rings (SSSR count). The maximum atomic E-state index is 9.72. The highest BCUT2D eigenvalue weighted by atomic mass is 16.3. The average Bonchev–Trinajstić information content (AvgIpc) is 2.90. The molecule has 0 aromatic carbocycles. The smallest absolute Gasteiger partial charge is 0.122 e. The van der Waals surface area contributed by atoms with Gasteiger partial charge in [-0.05, 0) is 25.2 Å². The van der Waals surface area contributed by atoms with Crippen molar-refractivity contribution in [1.82, 2.24) is 14.9 Å². The molecule has 0 amide bonds. The molecule has 1 heterocycles. The summed E-state index contributed by atoms with van der Waals surface area (Å²) in [5.74, 6) is 1.53. The van der Waals surface area contributed by atoms with E-state index in [1.165, 1.54) is 0 Å². The Bertz CT molecular complexity index is 337. The molecule has 1 fully saturated rings. The summed E-state index contributed by atoms with van der Waals surface area (Å²) in [5.41, 5.74) is 0. The van der Waals surface area contributed by atoms with Crippen molar-refractivity contribution in [3.8, 4) is 0 Å². The Morgan fingerprint density at radius 3 is 3.12 bits per heavy atom. The Kier molecular flexibility index (Phi) is 4.57. The zero-order chi connectivity index (χ0) is 12.1. The SMILES string of the molecule is CCCn1ccnc1CNCC1CCCC1O. The van der Waals surface area contributed by atoms with Crippen molar-refractivity contribution in [2.24, 2.45) is 5.92 Å². The first-order valence-corrected chi connectivity index (χ1v) is 6.70. The summed E-state index contributed by atoms with van der Waals surface area (Å²) in [5, 5.41) is 13.1. The normalized spacial score (nSPS) is 24.4. The lowest BCUT2D eigenvalue weighted by Gasteiger charge is -2.15. The number of hydrogen-bond donors (Lipinski definition) is 2. The Morgan fingerprint density at radius 2 is 2.41 bits per heavy atom. The summed E-state index contributed by atoms with van der Waals surface area (Å²) in [7, 11) is 0. The molecule has 2 unspecified atom stereocenters. The second-order valence-electron chi connectivity index (χ2n) is 4.93. The fourth-order valence-electron chi connectivity index (χ4n) is 2.58. The van der Waals surface area contributed by atoms with Gasteiger partial charge in [0.1, 0.15) is 5.82 Å². The number of aliphatic hydroxyl groups is 1. The van der Waals surface area contributed by atoms with Crippen LogP contribution in [0.25, 0.3) is 0 Å². The molecule has 1 aliphatic carbocycles. The highest BCUT2D eigenvalue weighted by Gasteiger charge is 2.24. The number of nitrogens with one attached hydrogen (secondary N) is 1. The van der Waals surface area contributed by atoms with Crippen molar-refractivity contribution in [2.75, 3.05) is 6.54 Å². The molecule has 0 radical (unpaired) electrons. The third kappa shape index (κ3) is 3.30. The van der Waals surface area contributed by atoms with Crippen LogP contribution in [0.5, 0.6) is 0 Å². The van der Waals surface area contributed by atoms with E-state index >= 15 is 0 Å². The first-order chi connectivity index (χ1) is 8.31. The van der Waals surface area contributed by atoms with Gasteiger partial charge in [-0.25, -0.2) is 4.98 Å². The number of aromatic nitrogens is 2. The Hall–Kier alpha value is -0.870. The zero-order valence-corrected chi connectivity index (χ0v) is 10.6. The van der Waals surface area contributed by atoms with Gasteiger partial charge in [-0.3, -0.25) is 0 Å². The highest BCUT2D eigenvalue weighted by molar-refractivity contribution is 4.92. The number of aryl methyl sites for hydroxylation is 1. The van der Waals surface area contributed by atoms with Gasteiger partial charge in [-0.1, -0.05) is 13.3 Å². The average molecular weight is 237 g/mol. The van der Waals surface area contributed by atoms with E-state index in [4.69, 9.17) is 0 Å². The summed E-state index contributed by atoms with van der Waals surface area (Å²) < 4.78 is 2.19. The molecule has 2 N–H and O–H groups in total. The van der Waals surface area contributed by atoms with Crippen molar-refractivity contribution in [2.45, 2.75) is 51.8 Å². The third-order valence-electron chi connectivity index (χ3n) is 3.57. The number of aliphatic hydroxyl groups excluding tert-OH is 1. The van der Waals surface area contributed by atoms with E-state index in [9.17, 15) is 5.11 Å². The van der Waals surface area contributed by atoms with E-state index in [0.29, 0.717) is 5.92 Å². The molecule has 4 heteroatoms. The monoisotopic (exact) mass is 237 g/mol. The summed E-state index contributed by atoms with van der Waals surface area (Å²) in [6.45, 7) is 4.91. The van der Waals surface area contributed by atoms with Gasteiger partial charge in [0.2, 0.25) is 0 Å². The van der Waals surface area contributed by atoms with Gasteiger partial charge in [0.05, 0.1) is 12.6 Å². The standard InChI is InChI=1S/C13H23N3O/c1-2-7-16-8-6-15-13(16)10-14-9-11-4-3-5-12(11)17/h6,8,11-12,14,17H,2-5,7,9-10H2,1H3. The minimum Gasteiger partial charge on any atom is -0.393 e. The Morgan fingerprint density at radius 1 is 1.53 bits per heavy atom. The van der Waals surface area contributed by atoms with E-state index in [-0.39, 0.29) is 6.10 Å². The van der Waals surface area contributed by atoms with E-state index in [1.54, 1.807) is 0 Å². The second-order valence-corrected chi connectivity index (χ2v) is 4.93. The van der Waals surface area contributed by atoms with Gasteiger partial charge in [0.25, 0.3) is 0 Å². The quantitative estimate of drug-likeness (QED) is 0.789.